The number of aromatic nitrogens is 2. The highest BCUT2D eigenvalue weighted by atomic mass is 79.9. The Labute approximate surface area is 137 Å². The normalized spacial score (nSPS) is 11.0. The number of benzene rings is 2. The second kappa shape index (κ2) is 6.94. The fourth-order valence-electron chi connectivity index (χ4n) is 2.42. The average Bonchev–Trinajstić information content (AvgIpc) is 2.94. The van der Waals surface area contributed by atoms with Gasteiger partial charge in [0.05, 0.1) is 17.6 Å². The Morgan fingerprint density at radius 2 is 2.05 bits per heavy atom. The summed E-state index contributed by atoms with van der Waals surface area (Å²) < 4.78 is 1.04. The molecule has 114 valence electrons. The van der Waals surface area contributed by atoms with Gasteiger partial charge in [0, 0.05) is 16.8 Å². The molecule has 0 aliphatic carbocycles. The predicted molar refractivity (Wildman–Crippen MR) is 93.0 cm³/mol. The third kappa shape index (κ3) is 3.48. The van der Waals surface area contributed by atoms with Crippen molar-refractivity contribution in [3.05, 3.63) is 58.3 Å². The van der Waals surface area contributed by atoms with E-state index in [1.54, 1.807) is 0 Å². The molecule has 0 aliphatic heterocycles. The number of rotatable bonds is 6. The highest BCUT2D eigenvalue weighted by molar-refractivity contribution is 9.10. The van der Waals surface area contributed by atoms with Gasteiger partial charge in [0.2, 0.25) is 0 Å². The number of halogens is 1. The third-order valence-corrected chi connectivity index (χ3v) is 4.23. The van der Waals surface area contributed by atoms with Crippen LogP contribution >= 0.6 is 15.9 Å². The summed E-state index contributed by atoms with van der Waals surface area (Å²) in [5, 5.41) is 12.3. The molecule has 0 radical (unpaired) electrons. The Morgan fingerprint density at radius 3 is 2.86 bits per heavy atom. The van der Waals surface area contributed by atoms with E-state index in [1.807, 2.05) is 30.3 Å². The molecule has 3 aromatic rings. The maximum absolute atomic E-state index is 8.91. The summed E-state index contributed by atoms with van der Waals surface area (Å²) >= 11 is 3.52. The molecule has 0 fully saturated rings. The lowest BCUT2D eigenvalue weighted by atomic mass is 10.1. The van der Waals surface area contributed by atoms with Crippen molar-refractivity contribution >= 4 is 32.7 Å². The first kappa shape index (κ1) is 15.1. The molecule has 5 heteroatoms. The summed E-state index contributed by atoms with van der Waals surface area (Å²) in [5.74, 6) is 0.907. The second-order valence-electron chi connectivity index (χ2n) is 5.20. The lowest BCUT2D eigenvalue weighted by Gasteiger charge is -2.05. The van der Waals surface area contributed by atoms with Crippen LogP contribution in [0.4, 0.5) is 5.69 Å². The van der Waals surface area contributed by atoms with E-state index in [0.29, 0.717) is 6.54 Å². The SMILES string of the molecule is OCCCc1ccc2nc(CNc3ccccc3Br)[nH]c2c1. The zero-order chi connectivity index (χ0) is 15.4. The fraction of sp³-hybridized carbons (Fsp3) is 0.235. The fourth-order valence-corrected chi connectivity index (χ4v) is 2.84. The molecule has 0 bridgehead atoms. The van der Waals surface area contributed by atoms with Crippen molar-refractivity contribution in [3.8, 4) is 0 Å². The Hall–Kier alpha value is -1.85. The first-order valence-electron chi connectivity index (χ1n) is 7.33. The van der Waals surface area contributed by atoms with Crippen LogP contribution in [0, 0.1) is 0 Å². The Kier molecular flexibility index (Phi) is 4.75. The molecular weight excluding hydrogens is 342 g/mol. The van der Waals surface area contributed by atoms with E-state index in [2.05, 4.69) is 43.3 Å². The number of nitrogens with one attached hydrogen (secondary N) is 2. The number of aryl methyl sites for hydroxylation is 1. The number of aliphatic hydroxyl groups excluding tert-OH is 1. The summed E-state index contributed by atoms with van der Waals surface area (Å²) in [6, 6.07) is 14.2. The molecule has 0 spiro atoms. The van der Waals surface area contributed by atoms with Gasteiger partial charge in [-0.1, -0.05) is 18.2 Å². The molecule has 3 rings (SSSR count). The van der Waals surface area contributed by atoms with Crippen molar-refractivity contribution in [2.75, 3.05) is 11.9 Å². The van der Waals surface area contributed by atoms with E-state index < -0.39 is 0 Å². The minimum absolute atomic E-state index is 0.224. The average molecular weight is 360 g/mol. The van der Waals surface area contributed by atoms with Gasteiger partial charge in [-0.3, -0.25) is 0 Å². The summed E-state index contributed by atoms with van der Waals surface area (Å²) in [7, 11) is 0. The molecule has 0 aliphatic rings. The largest absolute Gasteiger partial charge is 0.396 e. The minimum Gasteiger partial charge on any atom is -0.396 e. The molecule has 1 aromatic heterocycles. The van der Waals surface area contributed by atoms with Gasteiger partial charge in [-0.2, -0.15) is 0 Å². The van der Waals surface area contributed by atoms with E-state index in [0.717, 1.165) is 39.9 Å². The molecule has 4 nitrogen and oxygen atoms in total. The van der Waals surface area contributed by atoms with Gasteiger partial charge >= 0.3 is 0 Å². The van der Waals surface area contributed by atoms with Gasteiger partial charge in [0.25, 0.3) is 0 Å². The Balaban J connectivity index is 1.73. The van der Waals surface area contributed by atoms with Crippen LogP contribution in [0.15, 0.2) is 46.9 Å². The topological polar surface area (TPSA) is 60.9 Å². The highest BCUT2D eigenvalue weighted by Gasteiger charge is 2.05. The van der Waals surface area contributed by atoms with Crippen LogP contribution in [0.2, 0.25) is 0 Å². The third-order valence-electron chi connectivity index (χ3n) is 3.54. The van der Waals surface area contributed by atoms with Crippen LogP contribution in [0.3, 0.4) is 0 Å². The first-order valence-corrected chi connectivity index (χ1v) is 8.12. The monoisotopic (exact) mass is 359 g/mol. The molecule has 3 N–H and O–H groups in total. The van der Waals surface area contributed by atoms with Crippen molar-refractivity contribution in [3.63, 3.8) is 0 Å². The number of para-hydroxylation sites is 1. The molecule has 22 heavy (non-hydrogen) atoms. The van der Waals surface area contributed by atoms with Gasteiger partial charge < -0.3 is 15.4 Å². The molecule has 2 aromatic carbocycles. The van der Waals surface area contributed by atoms with Gasteiger partial charge in [0.1, 0.15) is 5.82 Å². The number of imidazole rings is 1. The molecule has 0 unspecified atom stereocenters. The molecular formula is C17H18BrN3O. The van der Waals surface area contributed by atoms with Gasteiger partial charge in [0.15, 0.2) is 0 Å². The van der Waals surface area contributed by atoms with E-state index in [-0.39, 0.29) is 6.61 Å². The van der Waals surface area contributed by atoms with Crippen molar-refractivity contribution in [1.29, 1.82) is 0 Å². The summed E-state index contributed by atoms with van der Waals surface area (Å²) in [4.78, 5) is 7.95. The van der Waals surface area contributed by atoms with Crippen LogP contribution in [0.1, 0.15) is 17.8 Å². The Morgan fingerprint density at radius 1 is 1.18 bits per heavy atom. The quantitative estimate of drug-likeness (QED) is 0.626. The predicted octanol–water partition coefficient (Wildman–Crippen LogP) is 3.86. The first-order chi connectivity index (χ1) is 10.8. The number of fused-ring (bicyclic) bond motifs is 1. The summed E-state index contributed by atoms with van der Waals surface area (Å²) in [5.41, 5.74) is 4.28. The van der Waals surface area contributed by atoms with Crippen molar-refractivity contribution in [1.82, 2.24) is 9.97 Å². The molecule has 0 atom stereocenters. The number of nitrogens with zero attached hydrogens (tertiary/aromatic N) is 1. The van der Waals surface area contributed by atoms with E-state index in [4.69, 9.17) is 5.11 Å². The number of anilines is 1. The van der Waals surface area contributed by atoms with E-state index in [9.17, 15) is 0 Å². The van der Waals surface area contributed by atoms with E-state index in [1.165, 1.54) is 5.56 Å². The Bertz CT molecular complexity index is 769. The second-order valence-corrected chi connectivity index (χ2v) is 6.05. The van der Waals surface area contributed by atoms with Crippen LogP contribution < -0.4 is 5.32 Å². The summed E-state index contributed by atoms with van der Waals surface area (Å²) in [6.45, 7) is 0.866. The molecule has 0 saturated carbocycles. The van der Waals surface area contributed by atoms with Gasteiger partial charge in [-0.05, 0) is 58.6 Å². The maximum Gasteiger partial charge on any atom is 0.126 e. The van der Waals surface area contributed by atoms with Crippen LogP contribution in [-0.2, 0) is 13.0 Å². The summed E-state index contributed by atoms with van der Waals surface area (Å²) in [6.07, 6.45) is 1.67. The van der Waals surface area contributed by atoms with Crippen LogP contribution in [-0.4, -0.2) is 21.7 Å². The number of hydrogen-bond donors (Lipinski definition) is 3. The standard InChI is InChI=1S/C17H18BrN3O/c18-13-5-1-2-6-14(13)19-11-17-20-15-8-7-12(4-3-9-22)10-16(15)21-17/h1-2,5-8,10,19,22H,3-4,9,11H2,(H,20,21). The van der Waals surface area contributed by atoms with Crippen molar-refractivity contribution in [2.24, 2.45) is 0 Å². The van der Waals surface area contributed by atoms with Gasteiger partial charge in [-0.25, -0.2) is 4.98 Å². The minimum atomic E-state index is 0.224. The molecule has 0 amide bonds. The van der Waals surface area contributed by atoms with Crippen LogP contribution in [0.5, 0.6) is 0 Å². The number of aromatic amines is 1. The number of H-pyrrole nitrogens is 1. The maximum atomic E-state index is 8.91. The molecule has 1 heterocycles. The van der Waals surface area contributed by atoms with Crippen molar-refractivity contribution < 1.29 is 5.11 Å². The van der Waals surface area contributed by atoms with E-state index >= 15 is 0 Å². The number of aliphatic hydroxyl groups is 1. The number of hydrogen-bond acceptors (Lipinski definition) is 3. The lowest BCUT2D eigenvalue weighted by molar-refractivity contribution is 0.288. The smallest absolute Gasteiger partial charge is 0.126 e. The zero-order valence-electron chi connectivity index (χ0n) is 12.1. The van der Waals surface area contributed by atoms with Crippen LogP contribution in [0.25, 0.3) is 11.0 Å². The van der Waals surface area contributed by atoms with Gasteiger partial charge in [-0.15, -0.1) is 0 Å². The zero-order valence-corrected chi connectivity index (χ0v) is 13.7. The molecule has 0 saturated heterocycles. The lowest BCUT2D eigenvalue weighted by Crippen LogP contribution is -2.01. The van der Waals surface area contributed by atoms with Crippen molar-refractivity contribution in [2.45, 2.75) is 19.4 Å². The highest BCUT2D eigenvalue weighted by Crippen LogP contribution is 2.22.